The Labute approximate surface area is 117 Å². The number of fused-ring (bicyclic) bond motifs is 1. The van der Waals surface area contributed by atoms with Crippen LogP contribution in [0.3, 0.4) is 0 Å². The van der Waals surface area contributed by atoms with Gasteiger partial charge in [0.2, 0.25) is 0 Å². The molecule has 0 spiro atoms. The normalized spacial score (nSPS) is 20.9. The summed E-state index contributed by atoms with van der Waals surface area (Å²) in [4.78, 5) is 4.68. The second-order valence-electron chi connectivity index (χ2n) is 4.80. The molecular weight excluding hydrogens is 264 g/mol. The van der Waals surface area contributed by atoms with Gasteiger partial charge in [0.1, 0.15) is 17.1 Å². The molecule has 4 nitrogen and oxygen atoms in total. The van der Waals surface area contributed by atoms with Gasteiger partial charge < -0.3 is 14.0 Å². The van der Waals surface area contributed by atoms with Crippen molar-refractivity contribution in [2.45, 2.75) is 24.8 Å². The number of imidazole rings is 1. The monoisotopic (exact) mass is 280 g/mol. The number of hydrogen-bond acceptors (Lipinski definition) is 3. The van der Waals surface area contributed by atoms with Crippen LogP contribution in [0.2, 0.25) is 0 Å². The highest BCUT2D eigenvalue weighted by Crippen LogP contribution is 2.34. The summed E-state index contributed by atoms with van der Waals surface area (Å²) in [7, 11) is 1.66. The molecule has 1 aromatic carbocycles. The fourth-order valence-corrected chi connectivity index (χ4v) is 2.82. The number of aromatic nitrogens is 2. The molecule has 0 saturated carbocycles. The van der Waals surface area contributed by atoms with Crippen molar-refractivity contribution in [3.8, 4) is 5.75 Å². The standard InChI is InChI=1S/C14H17ClN2O2/c1-9(15)14-16-13-11(4-3-5-12(13)18-2)17(14)10-6-7-19-8-10/h3-5,9-10H,6-8H2,1-2H3. The van der Waals surface area contributed by atoms with Gasteiger partial charge >= 0.3 is 0 Å². The van der Waals surface area contributed by atoms with E-state index in [1.165, 1.54) is 0 Å². The van der Waals surface area contributed by atoms with Gasteiger partial charge in [0.15, 0.2) is 0 Å². The Morgan fingerprint density at radius 2 is 2.37 bits per heavy atom. The van der Waals surface area contributed by atoms with Gasteiger partial charge in [-0.2, -0.15) is 0 Å². The van der Waals surface area contributed by atoms with Crippen molar-refractivity contribution in [3.63, 3.8) is 0 Å². The molecule has 0 aliphatic carbocycles. The lowest BCUT2D eigenvalue weighted by molar-refractivity contribution is 0.186. The van der Waals surface area contributed by atoms with Crippen LogP contribution in [0.1, 0.15) is 30.6 Å². The zero-order valence-corrected chi connectivity index (χ0v) is 11.9. The van der Waals surface area contributed by atoms with Crippen LogP contribution in [0.5, 0.6) is 5.75 Å². The predicted molar refractivity (Wildman–Crippen MR) is 75.0 cm³/mol. The third-order valence-electron chi connectivity index (χ3n) is 3.56. The maximum atomic E-state index is 6.29. The fourth-order valence-electron chi connectivity index (χ4n) is 2.66. The van der Waals surface area contributed by atoms with Gasteiger partial charge in [-0.15, -0.1) is 11.6 Å². The minimum atomic E-state index is -0.141. The van der Waals surface area contributed by atoms with Gasteiger partial charge in [0.05, 0.1) is 30.7 Å². The molecular formula is C14H17ClN2O2. The number of alkyl halides is 1. The smallest absolute Gasteiger partial charge is 0.146 e. The molecule has 0 bridgehead atoms. The zero-order valence-electron chi connectivity index (χ0n) is 11.1. The summed E-state index contributed by atoms with van der Waals surface area (Å²) in [6.45, 7) is 3.46. The molecule has 3 rings (SSSR count). The lowest BCUT2D eigenvalue weighted by Crippen LogP contribution is -2.12. The number of ether oxygens (including phenoxy) is 2. The quantitative estimate of drug-likeness (QED) is 0.810. The summed E-state index contributed by atoms with van der Waals surface area (Å²) in [6, 6.07) is 6.28. The minimum absolute atomic E-state index is 0.141. The number of benzene rings is 1. The molecule has 1 aliphatic heterocycles. The van der Waals surface area contributed by atoms with Gasteiger partial charge in [-0.25, -0.2) is 4.98 Å². The number of rotatable bonds is 3. The maximum absolute atomic E-state index is 6.29. The van der Waals surface area contributed by atoms with E-state index in [0.717, 1.165) is 42.2 Å². The van der Waals surface area contributed by atoms with Crippen molar-refractivity contribution in [3.05, 3.63) is 24.0 Å². The average Bonchev–Trinajstić information content (AvgIpc) is 3.04. The second kappa shape index (κ2) is 5.02. The van der Waals surface area contributed by atoms with Crippen molar-refractivity contribution in [1.82, 2.24) is 9.55 Å². The van der Waals surface area contributed by atoms with E-state index in [-0.39, 0.29) is 5.38 Å². The van der Waals surface area contributed by atoms with E-state index < -0.39 is 0 Å². The highest BCUT2D eigenvalue weighted by Gasteiger charge is 2.25. The molecule has 2 aromatic rings. The predicted octanol–water partition coefficient (Wildman–Crippen LogP) is 3.31. The van der Waals surface area contributed by atoms with Crippen LogP contribution >= 0.6 is 11.6 Å². The minimum Gasteiger partial charge on any atom is -0.494 e. The molecule has 2 heterocycles. The summed E-state index contributed by atoms with van der Waals surface area (Å²) in [6.07, 6.45) is 0.999. The Kier molecular flexibility index (Phi) is 3.37. The molecule has 19 heavy (non-hydrogen) atoms. The second-order valence-corrected chi connectivity index (χ2v) is 5.46. The van der Waals surface area contributed by atoms with E-state index in [2.05, 4.69) is 15.6 Å². The van der Waals surface area contributed by atoms with E-state index in [1.54, 1.807) is 7.11 Å². The molecule has 102 valence electrons. The van der Waals surface area contributed by atoms with Gasteiger partial charge in [-0.05, 0) is 25.5 Å². The number of hydrogen-bond donors (Lipinski definition) is 0. The Hall–Kier alpha value is -1.26. The molecule has 5 heteroatoms. The number of methoxy groups -OCH3 is 1. The van der Waals surface area contributed by atoms with Crippen LogP contribution in [0.15, 0.2) is 18.2 Å². The van der Waals surface area contributed by atoms with E-state index >= 15 is 0 Å². The highest BCUT2D eigenvalue weighted by atomic mass is 35.5. The van der Waals surface area contributed by atoms with Crippen molar-refractivity contribution >= 4 is 22.6 Å². The number of nitrogens with zero attached hydrogens (tertiary/aromatic N) is 2. The third-order valence-corrected chi connectivity index (χ3v) is 3.75. The van der Waals surface area contributed by atoms with Crippen LogP contribution < -0.4 is 4.74 Å². The van der Waals surface area contributed by atoms with Crippen LogP contribution in [0, 0.1) is 0 Å². The molecule has 1 saturated heterocycles. The Morgan fingerprint density at radius 3 is 3.00 bits per heavy atom. The molecule has 2 atom stereocenters. The lowest BCUT2D eigenvalue weighted by Gasteiger charge is -2.16. The molecule has 1 aliphatic rings. The number of halogens is 1. The molecule has 1 aromatic heterocycles. The summed E-state index contributed by atoms with van der Waals surface area (Å²) >= 11 is 6.29. The summed E-state index contributed by atoms with van der Waals surface area (Å²) < 4.78 is 13.1. The number of para-hydroxylation sites is 1. The van der Waals surface area contributed by atoms with Crippen LogP contribution in [0.4, 0.5) is 0 Å². The fraction of sp³-hybridized carbons (Fsp3) is 0.500. The van der Waals surface area contributed by atoms with Crippen molar-refractivity contribution in [2.24, 2.45) is 0 Å². The summed E-state index contributed by atoms with van der Waals surface area (Å²) in [5.74, 6) is 1.67. The molecule has 0 radical (unpaired) electrons. The largest absolute Gasteiger partial charge is 0.494 e. The molecule has 1 fully saturated rings. The first kappa shape index (κ1) is 12.8. The first-order valence-electron chi connectivity index (χ1n) is 6.49. The maximum Gasteiger partial charge on any atom is 0.146 e. The lowest BCUT2D eigenvalue weighted by atomic mass is 10.2. The van der Waals surface area contributed by atoms with E-state index in [4.69, 9.17) is 21.1 Å². The zero-order chi connectivity index (χ0) is 13.4. The Morgan fingerprint density at radius 1 is 1.53 bits per heavy atom. The highest BCUT2D eigenvalue weighted by molar-refractivity contribution is 6.20. The van der Waals surface area contributed by atoms with E-state index in [9.17, 15) is 0 Å². The van der Waals surface area contributed by atoms with Crippen molar-refractivity contribution in [1.29, 1.82) is 0 Å². The Bertz CT molecular complexity index is 588. The van der Waals surface area contributed by atoms with Crippen LogP contribution in [-0.4, -0.2) is 29.9 Å². The molecule has 0 N–H and O–H groups in total. The Balaban J connectivity index is 2.23. The van der Waals surface area contributed by atoms with Crippen LogP contribution in [-0.2, 0) is 4.74 Å². The van der Waals surface area contributed by atoms with Gasteiger partial charge in [-0.1, -0.05) is 6.07 Å². The van der Waals surface area contributed by atoms with Gasteiger partial charge in [-0.3, -0.25) is 0 Å². The van der Waals surface area contributed by atoms with Crippen LogP contribution in [0.25, 0.3) is 11.0 Å². The summed E-state index contributed by atoms with van der Waals surface area (Å²) in [5.41, 5.74) is 1.94. The third kappa shape index (κ3) is 2.09. The average molecular weight is 281 g/mol. The molecule has 0 amide bonds. The van der Waals surface area contributed by atoms with Gasteiger partial charge in [0.25, 0.3) is 0 Å². The topological polar surface area (TPSA) is 36.3 Å². The first-order valence-corrected chi connectivity index (χ1v) is 6.92. The van der Waals surface area contributed by atoms with Crippen molar-refractivity contribution < 1.29 is 9.47 Å². The van der Waals surface area contributed by atoms with E-state index in [0.29, 0.717) is 6.04 Å². The van der Waals surface area contributed by atoms with Gasteiger partial charge in [0, 0.05) is 6.61 Å². The molecule has 2 unspecified atom stereocenters. The SMILES string of the molecule is COc1cccc2c1nc(C(C)Cl)n2C1CCOC1. The van der Waals surface area contributed by atoms with Crippen molar-refractivity contribution in [2.75, 3.05) is 20.3 Å². The first-order chi connectivity index (χ1) is 9.22. The summed E-state index contributed by atoms with van der Waals surface area (Å²) in [5, 5.41) is -0.141. The van der Waals surface area contributed by atoms with E-state index in [1.807, 2.05) is 19.1 Å².